The molecule has 2 aromatic rings. The van der Waals surface area contributed by atoms with Gasteiger partial charge in [-0.25, -0.2) is 0 Å². The minimum absolute atomic E-state index is 0.178. The number of aromatic nitrogens is 2. The van der Waals surface area contributed by atoms with Gasteiger partial charge in [0.1, 0.15) is 5.01 Å². The van der Waals surface area contributed by atoms with Crippen molar-refractivity contribution in [2.45, 2.75) is 33.1 Å². The summed E-state index contributed by atoms with van der Waals surface area (Å²) in [5.74, 6) is -0.364. The van der Waals surface area contributed by atoms with Crippen molar-refractivity contribution >= 4 is 28.3 Å². The molecule has 0 fully saturated rings. The van der Waals surface area contributed by atoms with Gasteiger partial charge in [-0.1, -0.05) is 36.0 Å². The summed E-state index contributed by atoms with van der Waals surface area (Å²) >= 11 is 1.38. The second kappa shape index (κ2) is 8.38. The van der Waals surface area contributed by atoms with Crippen LogP contribution in [0.15, 0.2) is 24.3 Å². The summed E-state index contributed by atoms with van der Waals surface area (Å²) in [6, 6.07) is 7.32. The largest absolute Gasteiger partial charge is 0.352 e. The second-order valence-corrected chi connectivity index (χ2v) is 6.24. The van der Waals surface area contributed by atoms with Crippen LogP contribution in [0.1, 0.15) is 40.7 Å². The van der Waals surface area contributed by atoms with Crippen LogP contribution in [0.3, 0.4) is 0 Å². The topological polar surface area (TPSA) is 84.0 Å². The van der Waals surface area contributed by atoms with Gasteiger partial charge in [-0.2, -0.15) is 0 Å². The van der Waals surface area contributed by atoms with Crippen molar-refractivity contribution in [3.05, 3.63) is 40.4 Å². The molecule has 1 aromatic carbocycles. The molecule has 0 aliphatic heterocycles. The van der Waals surface area contributed by atoms with E-state index in [0.29, 0.717) is 10.7 Å². The van der Waals surface area contributed by atoms with Crippen LogP contribution in [-0.4, -0.2) is 28.6 Å². The first-order chi connectivity index (χ1) is 11.1. The number of carbonyl (C=O) groups is 2. The van der Waals surface area contributed by atoms with Crippen LogP contribution < -0.4 is 10.6 Å². The Morgan fingerprint density at radius 2 is 2.09 bits per heavy atom. The van der Waals surface area contributed by atoms with Crippen LogP contribution in [0.5, 0.6) is 0 Å². The van der Waals surface area contributed by atoms with E-state index in [1.807, 2.05) is 25.1 Å². The van der Waals surface area contributed by atoms with Gasteiger partial charge >= 0.3 is 0 Å². The van der Waals surface area contributed by atoms with E-state index in [4.69, 9.17) is 0 Å². The van der Waals surface area contributed by atoms with Crippen LogP contribution in [0.25, 0.3) is 0 Å². The lowest BCUT2D eigenvalue weighted by molar-refractivity contribution is -0.116. The zero-order chi connectivity index (χ0) is 16.7. The van der Waals surface area contributed by atoms with Crippen molar-refractivity contribution in [3.63, 3.8) is 0 Å². The zero-order valence-electron chi connectivity index (χ0n) is 13.3. The fourth-order valence-corrected chi connectivity index (χ4v) is 2.84. The summed E-state index contributed by atoms with van der Waals surface area (Å²) in [7, 11) is 0. The van der Waals surface area contributed by atoms with Gasteiger partial charge in [0, 0.05) is 24.9 Å². The third kappa shape index (κ3) is 5.45. The average Bonchev–Trinajstić information content (AvgIpc) is 2.94. The number of amides is 2. The lowest BCUT2D eigenvalue weighted by Crippen LogP contribution is -2.27. The number of aryl methyl sites for hydroxylation is 2. The van der Waals surface area contributed by atoms with Gasteiger partial charge in [0.05, 0.1) is 0 Å². The van der Waals surface area contributed by atoms with E-state index in [2.05, 4.69) is 27.8 Å². The van der Waals surface area contributed by atoms with Crippen molar-refractivity contribution in [3.8, 4) is 0 Å². The lowest BCUT2D eigenvalue weighted by atomic mass is 10.1. The summed E-state index contributed by atoms with van der Waals surface area (Å²) in [6.45, 7) is 4.27. The summed E-state index contributed by atoms with van der Waals surface area (Å²) in [4.78, 5) is 23.8. The molecule has 2 N–H and O–H groups in total. The monoisotopic (exact) mass is 332 g/mol. The van der Waals surface area contributed by atoms with E-state index >= 15 is 0 Å². The number of benzene rings is 1. The maximum absolute atomic E-state index is 11.9. The van der Waals surface area contributed by atoms with E-state index in [9.17, 15) is 9.59 Å². The van der Waals surface area contributed by atoms with Crippen molar-refractivity contribution in [2.24, 2.45) is 0 Å². The molecule has 7 heteroatoms. The summed E-state index contributed by atoms with van der Waals surface area (Å²) in [6.07, 6.45) is 2.05. The van der Waals surface area contributed by atoms with E-state index < -0.39 is 0 Å². The van der Waals surface area contributed by atoms with Gasteiger partial charge in [0.2, 0.25) is 11.0 Å². The first kappa shape index (κ1) is 17.1. The van der Waals surface area contributed by atoms with Crippen LogP contribution >= 0.6 is 11.3 Å². The van der Waals surface area contributed by atoms with Crippen molar-refractivity contribution in [2.75, 3.05) is 11.9 Å². The molecule has 0 aliphatic rings. The Morgan fingerprint density at radius 1 is 1.26 bits per heavy atom. The summed E-state index contributed by atoms with van der Waals surface area (Å²) < 4.78 is 0. The molecule has 0 saturated heterocycles. The second-order valence-electron chi connectivity index (χ2n) is 5.17. The summed E-state index contributed by atoms with van der Waals surface area (Å²) in [5, 5.41) is 14.8. The van der Waals surface area contributed by atoms with Gasteiger partial charge in [-0.15, -0.1) is 10.2 Å². The molecule has 0 unspecified atom stereocenters. The molecular formula is C16H20N4O2S. The molecule has 1 heterocycles. The Labute approximate surface area is 139 Å². The highest BCUT2D eigenvalue weighted by Gasteiger charge is 2.09. The SMILES string of the molecule is CCCc1nnc(NC(=O)CCNC(=O)c2cccc(C)c2)s1. The fourth-order valence-electron chi connectivity index (χ4n) is 1.98. The highest BCUT2D eigenvalue weighted by molar-refractivity contribution is 7.15. The number of hydrogen-bond acceptors (Lipinski definition) is 5. The van der Waals surface area contributed by atoms with Gasteiger partial charge in [0.25, 0.3) is 5.91 Å². The molecule has 23 heavy (non-hydrogen) atoms. The van der Waals surface area contributed by atoms with Gasteiger partial charge in [0.15, 0.2) is 0 Å². The number of carbonyl (C=O) groups excluding carboxylic acids is 2. The fraction of sp³-hybridized carbons (Fsp3) is 0.375. The lowest BCUT2D eigenvalue weighted by Gasteiger charge is -2.05. The first-order valence-corrected chi connectivity index (χ1v) is 8.37. The predicted octanol–water partition coefficient (Wildman–Crippen LogP) is 2.56. The highest BCUT2D eigenvalue weighted by Crippen LogP contribution is 2.16. The number of anilines is 1. The molecule has 0 bridgehead atoms. The zero-order valence-corrected chi connectivity index (χ0v) is 14.1. The third-order valence-corrected chi connectivity index (χ3v) is 3.99. The Morgan fingerprint density at radius 3 is 2.83 bits per heavy atom. The molecule has 1 aromatic heterocycles. The molecule has 0 radical (unpaired) electrons. The predicted molar refractivity (Wildman–Crippen MR) is 90.7 cm³/mol. The number of nitrogens with one attached hydrogen (secondary N) is 2. The minimum atomic E-state index is -0.186. The van der Waals surface area contributed by atoms with Gasteiger partial charge in [-0.3, -0.25) is 9.59 Å². The number of nitrogens with zero attached hydrogens (tertiary/aromatic N) is 2. The smallest absolute Gasteiger partial charge is 0.251 e. The average molecular weight is 332 g/mol. The minimum Gasteiger partial charge on any atom is -0.352 e. The van der Waals surface area contributed by atoms with Crippen molar-refractivity contribution in [1.82, 2.24) is 15.5 Å². The Hall–Kier alpha value is -2.28. The van der Waals surface area contributed by atoms with E-state index in [-0.39, 0.29) is 24.8 Å². The van der Waals surface area contributed by atoms with Crippen LogP contribution in [0.2, 0.25) is 0 Å². The maximum Gasteiger partial charge on any atom is 0.251 e. The van der Waals surface area contributed by atoms with E-state index in [0.717, 1.165) is 23.4 Å². The molecular weight excluding hydrogens is 312 g/mol. The maximum atomic E-state index is 11.9. The molecule has 0 aliphatic carbocycles. The third-order valence-electron chi connectivity index (χ3n) is 3.09. The van der Waals surface area contributed by atoms with E-state index in [1.54, 1.807) is 6.07 Å². The Balaban J connectivity index is 1.74. The molecule has 0 atom stereocenters. The quantitative estimate of drug-likeness (QED) is 0.816. The number of hydrogen-bond donors (Lipinski definition) is 2. The molecule has 0 spiro atoms. The first-order valence-electron chi connectivity index (χ1n) is 7.55. The standard InChI is InChI=1S/C16H20N4O2S/c1-3-5-14-19-20-16(23-14)18-13(21)8-9-17-15(22)12-7-4-6-11(2)10-12/h4,6-7,10H,3,5,8-9H2,1-2H3,(H,17,22)(H,18,20,21). The van der Waals surface area contributed by atoms with Gasteiger partial charge < -0.3 is 10.6 Å². The van der Waals surface area contributed by atoms with Crippen molar-refractivity contribution in [1.29, 1.82) is 0 Å². The molecule has 2 amide bonds. The van der Waals surface area contributed by atoms with E-state index in [1.165, 1.54) is 11.3 Å². The molecule has 122 valence electrons. The Kier molecular flexibility index (Phi) is 6.22. The molecule has 0 saturated carbocycles. The Bertz CT molecular complexity index is 684. The molecule has 6 nitrogen and oxygen atoms in total. The normalized spacial score (nSPS) is 10.3. The highest BCUT2D eigenvalue weighted by atomic mass is 32.1. The summed E-state index contributed by atoms with van der Waals surface area (Å²) in [5.41, 5.74) is 1.62. The molecule has 2 rings (SSSR count). The van der Waals surface area contributed by atoms with Crippen LogP contribution in [0.4, 0.5) is 5.13 Å². The number of rotatable bonds is 7. The van der Waals surface area contributed by atoms with Crippen LogP contribution in [-0.2, 0) is 11.2 Å². The van der Waals surface area contributed by atoms with Crippen molar-refractivity contribution < 1.29 is 9.59 Å². The van der Waals surface area contributed by atoms with Gasteiger partial charge in [-0.05, 0) is 25.5 Å². The van der Waals surface area contributed by atoms with Crippen LogP contribution in [0, 0.1) is 6.92 Å².